The molecule has 100 valence electrons. The molecule has 0 aliphatic rings. The van der Waals surface area contributed by atoms with Crippen LogP contribution in [0.3, 0.4) is 0 Å². The first-order valence-corrected chi connectivity index (χ1v) is 6.73. The Balaban J connectivity index is 2.09. The molecule has 1 atom stereocenters. The number of aryl methyl sites for hydroxylation is 1. The summed E-state index contributed by atoms with van der Waals surface area (Å²) >= 11 is 6.20. The first kappa shape index (κ1) is 13.9. The van der Waals surface area contributed by atoms with Crippen LogP contribution in [0.1, 0.15) is 17.0 Å². The van der Waals surface area contributed by atoms with Gasteiger partial charge in [-0.2, -0.15) is 0 Å². The van der Waals surface area contributed by atoms with Crippen molar-refractivity contribution < 1.29 is 4.74 Å². The van der Waals surface area contributed by atoms with Crippen molar-refractivity contribution in [1.82, 2.24) is 0 Å². The van der Waals surface area contributed by atoms with Gasteiger partial charge in [-0.3, -0.25) is 0 Å². The molecule has 19 heavy (non-hydrogen) atoms. The highest BCUT2D eigenvalue weighted by atomic mass is 35.5. The van der Waals surface area contributed by atoms with E-state index in [4.69, 9.17) is 22.1 Å². The van der Waals surface area contributed by atoms with E-state index >= 15 is 0 Å². The summed E-state index contributed by atoms with van der Waals surface area (Å²) in [6.07, 6.45) is 0. The fourth-order valence-corrected chi connectivity index (χ4v) is 2.29. The van der Waals surface area contributed by atoms with E-state index in [9.17, 15) is 0 Å². The van der Waals surface area contributed by atoms with Crippen LogP contribution in [0.4, 0.5) is 0 Å². The molecule has 0 spiro atoms. The zero-order valence-electron chi connectivity index (χ0n) is 11.0. The van der Waals surface area contributed by atoms with Gasteiger partial charge in [0.25, 0.3) is 0 Å². The number of nitrogens with two attached hydrogens (primary N) is 1. The minimum atomic E-state index is 0.105. The third kappa shape index (κ3) is 3.49. The maximum Gasteiger partial charge on any atom is 0.122 e. The average molecular weight is 276 g/mol. The van der Waals surface area contributed by atoms with Gasteiger partial charge in [-0.25, -0.2) is 0 Å². The van der Waals surface area contributed by atoms with Crippen molar-refractivity contribution in [1.29, 1.82) is 0 Å². The van der Waals surface area contributed by atoms with Crippen LogP contribution in [0.25, 0.3) is 0 Å². The summed E-state index contributed by atoms with van der Waals surface area (Å²) < 4.78 is 5.86. The molecule has 0 saturated carbocycles. The van der Waals surface area contributed by atoms with Crippen molar-refractivity contribution in [2.24, 2.45) is 5.73 Å². The van der Waals surface area contributed by atoms with Crippen LogP contribution >= 0.6 is 11.6 Å². The van der Waals surface area contributed by atoms with Crippen LogP contribution in [0, 0.1) is 6.92 Å². The maximum atomic E-state index is 6.20. The van der Waals surface area contributed by atoms with Gasteiger partial charge in [0.2, 0.25) is 0 Å². The maximum absolute atomic E-state index is 6.20. The average Bonchev–Trinajstić information content (AvgIpc) is 2.43. The van der Waals surface area contributed by atoms with Crippen LogP contribution in [-0.4, -0.2) is 13.2 Å². The quantitative estimate of drug-likeness (QED) is 0.901. The highest BCUT2D eigenvalue weighted by Gasteiger charge is 2.14. The Hall–Kier alpha value is -1.51. The molecule has 0 amide bonds. The Morgan fingerprint density at radius 2 is 1.79 bits per heavy atom. The number of rotatable bonds is 5. The highest BCUT2D eigenvalue weighted by Crippen LogP contribution is 2.25. The molecule has 0 saturated heterocycles. The van der Waals surface area contributed by atoms with Gasteiger partial charge in [-0.05, 0) is 30.2 Å². The summed E-state index contributed by atoms with van der Waals surface area (Å²) in [6, 6.07) is 15.7. The van der Waals surface area contributed by atoms with Crippen LogP contribution in [0.2, 0.25) is 5.02 Å². The van der Waals surface area contributed by atoms with Gasteiger partial charge in [-0.15, -0.1) is 0 Å². The standard InChI is InChI=1S/C16H18ClNO/c1-12-6-2-5-9-16(12)19-11-13(10-18)14-7-3-4-8-15(14)17/h2-9,13H,10-11,18H2,1H3. The van der Waals surface area contributed by atoms with E-state index in [0.29, 0.717) is 13.2 Å². The molecule has 2 rings (SSSR count). The molecule has 2 nitrogen and oxygen atoms in total. The van der Waals surface area contributed by atoms with Crippen molar-refractivity contribution in [3.63, 3.8) is 0 Å². The molecule has 0 heterocycles. The summed E-state index contributed by atoms with van der Waals surface area (Å²) in [5.74, 6) is 1.00. The number of hydrogen-bond donors (Lipinski definition) is 1. The fraction of sp³-hybridized carbons (Fsp3) is 0.250. The monoisotopic (exact) mass is 275 g/mol. The summed E-state index contributed by atoms with van der Waals surface area (Å²) in [7, 11) is 0. The smallest absolute Gasteiger partial charge is 0.122 e. The summed E-state index contributed by atoms with van der Waals surface area (Å²) in [5.41, 5.74) is 8.00. The highest BCUT2D eigenvalue weighted by molar-refractivity contribution is 6.31. The van der Waals surface area contributed by atoms with Gasteiger partial charge in [-0.1, -0.05) is 48.0 Å². The van der Waals surface area contributed by atoms with Crippen molar-refractivity contribution in [3.8, 4) is 5.75 Å². The van der Waals surface area contributed by atoms with Crippen molar-refractivity contribution in [2.75, 3.05) is 13.2 Å². The predicted octanol–water partition coefficient (Wildman–Crippen LogP) is 3.77. The van der Waals surface area contributed by atoms with E-state index in [1.165, 1.54) is 0 Å². The summed E-state index contributed by atoms with van der Waals surface area (Å²) in [6.45, 7) is 3.07. The zero-order chi connectivity index (χ0) is 13.7. The molecule has 0 aliphatic carbocycles. The van der Waals surface area contributed by atoms with Gasteiger partial charge in [0.15, 0.2) is 0 Å². The lowest BCUT2D eigenvalue weighted by atomic mass is 10.0. The molecule has 0 fully saturated rings. The molecule has 0 aromatic heterocycles. The molecule has 2 aromatic rings. The normalized spacial score (nSPS) is 12.2. The minimum Gasteiger partial charge on any atom is -0.493 e. The number of para-hydroxylation sites is 1. The van der Waals surface area contributed by atoms with Crippen molar-refractivity contribution in [2.45, 2.75) is 12.8 Å². The third-order valence-electron chi connectivity index (χ3n) is 3.16. The van der Waals surface area contributed by atoms with E-state index in [2.05, 4.69) is 0 Å². The lowest BCUT2D eigenvalue weighted by Gasteiger charge is -2.18. The Morgan fingerprint density at radius 1 is 1.11 bits per heavy atom. The molecule has 0 bridgehead atoms. The second kappa shape index (κ2) is 6.60. The zero-order valence-corrected chi connectivity index (χ0v) is 11.7. The predicted molar refractivity (Wildman–Crippen MR) is 79.9 cm³/mol. The first-order chi connectivity index (χ1) is 9.22. The van der Waals surface area contributed by atoms with Gasteiger partial charge < -0.3 is 10.5 Å². The first-order valence-electron chi connectivity index (χ1n) is 6.35. The van der Waals surface area contributed by atoms with Gasteiger partial charge >= 0.3 is 0 Å². The van der Waals surface area contributed by atoms with Gasteiger partial charge in [0.1, 0.15) is 5.75 Å². The van der Waals surface area contributed by atoms with Crippen molar-refractivity contribution in [3.05, 3.63) is 64.7 Å². The molecule has 2 N–H and O–H groups in total. The summed E-state index contributed by atoms with van der Waals surface area (Å²) in [4.78, 5) is 0. The topological polar surface area (TPSA) is 35.2 Å². The fourth-order valence-electron chi connectivity index (χ4n) is 2.00. The molecule has 0 aliphatic heterocycles. The van der Waals surface area contributed by atoms with Crippen molar-refractivity contribution >= 4 is 11.6 Å². The van der Waals surface area contributed by atoms with E-state index in [-0.39, 0.29) is 5.92 Å². The van der Waals surface area contributed by atoms with Crippen LogP contribution < -0.4 is 10.5 Å². The molecular formula is C16H18ClNO. The Kier molecular flexibility index (Phi) is 4.83. The Labute approximate surface area is 119 Å². The number of hydrogen-bond acceptors (Lipinski definition) is 2. The minimum absolute atomic E-state index is 0.105. The molecule has 1 unspecified atom stereocenters. The van der Waals surface area contributed by atoms with Crippen LogP contribution in [0.5, 0.6) is 5.75 Å². The number of ether oxygens (including phenoxy) is 1. The number of benzene rings is 2. The van der Waals surface area contributed by atoms with Crippen LogP contribution in [0.15, 0.2) is 48.5 Å². The molecule has 2 aromatic carbocycles. The molecule has 3 heteroatoms. The van der Waals surface area contributed by atoms with Crippen LogP contribution in [-0.2, 0) is 0 Å². The molecule has 0 radical (unpaired) electrons. The van der Waals surface area contributed by atoms with Gasteiger partial charge in [0, 0.05) is 17.5 Å². The molecular weight excluding hydrogens is 258 g/mol. The lowest BCUT2D eigenvalue weighted by Crippen LogP contribution is -2.20. The van der Waals surface area contributed by atoms with E-state index < -0.39 is 0 Å². The Bertz CT molecular complexity index is 542. The summed E-state index contributed by atoms with van der Waals surface area (Å²) in [5, 5.41) is 0.742. The third-order valence-corrected chi connectivity index (χ3v) is 3.51. The largest absolute Gasteiger partial charge is 0.493 e. The lowest BCUT2D eigenvalue weighted by molar-refractivity contribution is 0.288. The van der Waals surface area contributed by atoms with E-state index in [1.54, 1.807) is 0 Å². The second-order valence-corrected chi connectivity index (χ2v) is 4.94. The number of halogens is 1. The van der Waals surface area contributed by atoms with E-state index in [0.717, 1.165) is 21.9 Å². The SMILES string of the molecule is Cc1ccccc1OCC(CN)c1ccccc1Cl. The Morgan fingerprint density at radius 3 is 2.47 bits per heavy atom. The van der Waals surface area contributed by atoms with E-state index in [1.807, 2.05) is 55.5 Å². The van der Waals surface area contributed by atoms with Gasteiger partial charge in [0.05, 0.1) is 6.61 Å². The second-order valence-electron chi connectivity index (χ2n) is 4.53.